The number of pyridine rings is 1. The number of hydrogen-bond acceptors (Lipinski definition) is 10. The lowest BCUT2D eigenvalue weighted by molar-refractivity contribution is -0.119. The summed E-state index contributed by atoms with van der Waals surface area (Å²) in [5, 5.41) is 26.5. The Kier molecular flexibility index (Phi) is 6.71. The second-order valence-electron chi connectivity index (χ2n) is 7.44. The molecule has 1 aromatic carbocycles. The van der Waals surface area contributed by atoms with Crippen molar-refractivity contribution in [2.45, 2.75) is 25.4 Å². The number of ether oxygens (including phenoxy) is 1. The first-order chi connectivity index (χ1) is 15.5. The molecule has 1 aliphatic rings. The van der Waals surface area contributed by atoms with Crippen LogP contribution >= 0.6 is 0 Å². The van der Waals surface area contributed by atoms with Gasteiger partial charge < -0.3 is 25.0 Å². The van der Waals surface area contributed by atoms with Crippen molar-refractivity contribution < 1.29 is 19.3 Å². The monoisotopic (exact) mass is 439 g/mol. The van der Waals surface area contributed by atoms with E-state index in [1.807, 2.05) is 12.1 Å². The number of rotatable bonds is 8. The minimum absolute atomic E-state index is 0.00894. The zero-order chi connectivity index (χ0) is 22.5. The lowest BCUT2D eigenvalue weighted by atomic mass is 10.1. The number of methoxy groups -OCH3 is 1. The van der Waals surface area contributed by atoms with Crippen LogP contribution in [0, 0.1) is 5.21 Å². The number of benzene rings is 1. The van der Waals surface area contributed by atoms with Gasteiger partial charge in [0.05, 0.1) is 11.7 Å². The van der Waals surface area contributed by atoms with Crippen LogP contribution in [0.15, 0.2) is 47.1 Å². The molecule has 0 spiro atoms. The molecule has 0 aliphatic carbocycles. The van der Waals surface area contributed by atoms with E-state index in [-0.39, 0.29) is 29.5 Å². The number of amides is 1. The Bertz CT molecular complexity index is 1040. The molecule has 11 heteroatoms. The van der Waals surface area contributed by atoms with Crippen LogP contribution in [-0.2, 0) is 16.1 Å². The van der Waals surface area contributed by atoms with Gasteiger partial charge in [-0.1, -0.05) is 17.3 Å². The van der Waals surface area contributed by atoms with Gasteiger partial charge in [-0.25, -0.2) is 4.98 Å². The predicted octanol–water partition coefficient (Wildman–Crippen LogP) is 2.75. The van der Waals surface area contributed by atoms with Crippen molar-refractivity contribution in [2.75, 3.05) is 30.8 Å². The molecule has 32 heavy (non-hydrogen) atoms. The Hall–Kier alpha value is -3.38. The van der Waals surface area contributed by atoms with E-state index in [4.69, 9.17) is 14.5 Å². The van der Waals surface area contributed by atoms with Crippen molar-refractivity contribution in [3.05, 3.63) is 59.3 Å². The van der Waals surface area contributed by atoms with E-state index in [9.17, 15) is 10.0 Å². The molecule has 1 aliphatic heterocycles. The quantitative estimate of drug-likeness (QED) is 0.503. The smallest absolute Gasteiger partial charge is 0.251 e. The molecule has 1 amide bonds. The third-order valence-electron chi connectivity index (χ3n) is 5.20. The highest BCUT2D eigenvalue weighted by molar-refractivity contribution is 5.90. The number of carbonyl (C=O) groups is 1. The SMILES string of the molecule is COCC(=O)Nc1ccc(-c2noc([C@H]3CCCN3Cc3ccc(N([O-])O)cc3)n2)cn1. The molecule has 3 aromatic rings. The molecule has 168 valence electrons. The maximum Gasteiger partial charge on any atom is 0.251 e. The first-order valence-corrected chi connectivity index (χ1v) is 10.1. The highest BCUT2D eigenvalue weighted by atomic mass is 16.8. The van der Waals surface area contributed by atoms with Crippen molar-refractivity contribution in [2.24, 2.45) is 0 Å². The van der Waals surface area contributed by atoms with Crippen molar-refractivity contribution in [1.29, 1.82) is 0 Å². The normalized spacial score (nSPS) is 16.3. The molecule has 2 N–H and O–H groups in total. The average molecular weight is 439 g/mol. The van der Waals surface area contributed by atoms with Gasteiger partial charge in [0.1, 0.15) is 12.4 Å². The molecular weight excluding hydrogens is 416 g/mol. The Morgan fingerprint density at radius 2 is 2.16 bits per heavy atom. The molecular formula is C21H23N6O5-. The maximum atomic E-state index is 11.6. The number of nitrogens with zero attached hydrogens (tertiary/aromatic N) is 5. The summed E-state index contributed by atoms with van der Waals surface area (Å²) in [7, 11) is 1.45. The van der Waals surface area contributed by atoms with Gasteiger partial charge in [-0.05, 0) is 49.2 Å². The van der Waals surface area contributed by atoms with E-state index in [2.05, 4.69) is 25.3 Å². The average Bonchev–Trinajstić information content (AvgIpc) is 3.44. The molecule has 4 rings (SSSR count). The number of anilines is 2. The molecule has 0 saturated carbocycles. The van der Waals surface area contributed by atoms with Crippen LogP contribution in [0.1, 0.15) is 30.3 Å². The minimum Gasteiger partial charge on any atom is -0.733 e. The number of carbonyl (C=O) groups excluding carboxylic acids is 1. The lowest BCUT2D eigenvalue weighted by Crippen LogP contribution is -2.23. The van der Waals surface area contributed by atoms with Gasteiger partial charge in [-0.15, -0.1) is 0 Å². The molecule has 1 saturated heterocycles. The standard InChI is InChI=1S/C21H23N6O5/c1-31-13-19(28)23-18-9-6-15(11-22-18)20-24-21(32-25-20)17-3-2-10-26(17)12-14-4-7-16(8-5-14)27(29)30/h4-9,11,17,29H,2-3,10,12-13H2,1H3,(H,22,23,28)/q-1/t17-/m1/s1. The number of nitrogens with one attached hydrogen (secondary N) is 1. The van der Waals surface area contributed by atoms with Crippen LogP contribution in [-0.4, -0.2) is 51.4 Å². The second kappa shape index (κ2) is 9.83. The summed E-state index contributed by atoms with van der Waals surface area (Å²) < 4.78 is 10.3. The van der Waals surface area contributed by atoms with Crippen molar-refractivity contribution in [3.63, 3.8) is 0 Å². The van der Waals surface area contributed by atoms with E-state index >= 15 is 0 Å². The van der Waals surface area contributed by atoms with Crippen LogP contribution in [0.5, 0.6) is 0 Å². The predicted molar refractivity (Wildman–Crippen MR) is 114 cm³/mol. The molecule has 0 bridgehead atoms. The van der Waals surface area contributed by atoms with E-state index < -0.39 is 0 Å². The van der Waals surface area contributed by atoms with E-state index in [0.717, 1.165) is 24.9 Å². The van der Waals surface area contributed by atoms with Crippen LogP contribution < -0.4 is 10.5 Å². The second-order valence-corrected chi connectivity index (χ2v) is 7.44. The summed E-state index contributed by atoms with van der Waals surface area (Å²) in [5.41, 5.74) is 1.87. The van der Waals surface area contributed by atoms with Gasteiger partial charge in [0.2, 0.25) is 11.7 Å². The van der Waals surface area contributed by atoms with Gasteiger partial charge >= 0.3 is 0 Å². The Labute approximate surface area is 184 Å². The maximum absolute atomic E-state index is 11.6. The van der Waals surface area contributed by atoms with Gasteiger partial charge in [-0.2, -0.15) is 4.98 Å². The van der Waals surface area contributed by atoms with Gasteiger partial charge in [0.15, 0.2) is 0 Å². The number of likely N-dealkylation sites (tertiary alicyclic amines) is 1. The summed E-state index contributed by atoms with van der Waals surface area (Å²) in [6.45, 7) is 1.50. The van der Waals surface area contributed by atoms with Crippen LogP contribution in [0.2, 0.25) is 0 Å². The summed E-state index contributed by atoms with van der Waals surface area (Å²) in [6, 6.07) is 10.2. The molecule has 1 atom stereocenters. The summed E-state index contributed by atoms with van der Waals surface area (Å²) in [5.74, 6) is 1.09. The first kappa shape index (κ1) is 21.8. The molecule has 0 radical (unpaired) electrons. The fourth-order valence-electron chi connectivity index (χ4n) is 3.66. The molecule has 1 fully saturated rings. The summed E-state index contributed by atoms with van der Waals surface area (Å²) >= 11 is 0. The Balaban J connectivity index is 1.42. The molecule has 11 nitrogen and oxygen atoms in total. The molecule has 3 heterocycles. The van der Waals surface area contributed by atoms with E-state index in [0.29, 0.717) is 29.6 Å². The lowest BCUT2D eigenvalue weighted by Gasteiger charge is -2.23. The highest BCUT2D eigenvalue weighted by Crippen LogP contribution is 2.33. The Morgan fingerprint density at radius 1 is 1.34 bits per heavy atom. The molecule has 2 aromatic heterocycles. The minimum atomic E-state index is -0.285. The van der Waals surface area contributed by atoms with Crippen LogP contribution in [0.4, 0.5) is 11.5 Å². The van der Waals surface area contributed by atoms with E-state index in [1.165, 1.54) is 7.11 Å². The van der Waals surface area contributed by atoms with Gasteiger partial charge in [0, 0.05) is 25.4 Å². The zero-order valence-electron chi connectivity index (χ0n) is 17.5. The zero-order valence-corrected chi connectivity index (χ0v) is 17.5. The topological polar surface area (TPSA) is 140 Å². The van der Waals surface area contributed by atoms with Crippen LogP contribution in [0.25, 0.3) is 11.4 Å². The number of aromatic nitrogens is 3. The third kappa shape index (κ3) is 5.08. The Morgan fingerprint density at radius 3 is 2.84 bits per heavy atom. The van der Waals surface area contributed by atoms with Gasteiger partial charge in [-0.3, -0.25) is 14.9 Å². The van der Waals surface area contributed by atoms with Crippen molar-refractivity contribution in [1.82, 2.24) is 20.0 Å². The third-order valence-corrected chi connectivity index (χ3v) is 5.20. The first-order valence-electron chi connectivity index (χ1n) is 10.1. The fourth-order valence-corrected chi connectivity index (χ4v) is 3.66. The van der Waals surface area contributed by atoms with Crippen LogP contribution in [0.3, 0.4) is 0 Å². The molecule has 0 unspecified atom stereocenters. The number of hydrogen-bond donors (Lipinski definition) is 2. The van der Waals surface area contributed by atoms with Crippen molar-refractivity contribution in [3.8, 4) is 11.4 Å². The largest absolute Gasteiger partial charge is 0.733 e. The fraction of sp³-hybridized carbons (Fsp3) is 0.333. The summed E-state index contributed by atoms with van der Waals surface area (Å²) in [4.78, 5) is 22.6. The highest BCUT2D eigenvalue weighted by Gasteiger charge is 2.30. The van der Waals surface area contributed by atoms with E-state index in [1.54, 1.807) is 30.5 Å². The van der Waals surface area contributed by atoms with Gasteiger partial charge in [0.25, 0.3) is 5.91 Å². The summed E-state index contributed by atoms with van der Waals surface area (Å²) in [6.07, 6.45) is 3.47. The van der Waals surface area contributed by atoms with Crippen molar-refractivity contribution >= 4 is 17.4 Å².